The van der Waals surface area contributed by atoms with Crippen LogP contribution in [0.4, 0.5) is 0 Å². The van der Waals surface area contributed by atoms with Crippen molar-refractivity contribution < 1.29 is 23.9 Å². The van der Waals surface area contributed by atoms with E-state index in [4.69, 9.17) is 9.47 Å². The third-order valence-electron chi connectivity index (χ3n) is 7.63. The van der Waals surface area contributed by atoms with E-state index in [0.717, 1.165) is 37.1 Å². The fourth-order valence-electron chi connectivity index (χ4n) is 5.44. The molecule has 1 aromatic rings. The third kappa shape index (κ3) is 5.07. The zero-order valence-electron chi connectivity index (χ0n) is 19.6. The molecule has 33 heavy (non-hydrogen) atoms. The van der Waals surface area contributed by atoms with Gasteiger partial charge in [0, 0.05) is 26.2 Å². The summed E-state index contributed by atoms with van der Waals surface area (Å²) < 4.78 is 10.7. The molecule has 7 heteroatoms. The van der Waals surface area contributed by atoms with E-state index in [1.807, 2.05) is 53.1 Å². The van der Waals surface area contributed by atoms with Crippen molar-refractivity contribution in [2.24, 2.45) is 17.3 Å². The molecule has 4 rings (SSSR count). The second-order valence-corrected chi connectivity index (χ2v) is 9.62. The Hall–Kier alpha value is -2.83. The van der Waals surface area contributed by atoms with Gasteiger partial charge in [-0.15, -0.1) is 0 Å². The average molecular weight is 455 g/mol. The lowest BCUT2D eigenvalue weighted by Gasteiger charge is -2.39. The molecule has 1 aliphatic carbocycles. The molecule has 1 aromatic carbocycles. The number of aryl methyl sites for hydroxylation is 1. The second-order valence-electron chi connectivity index (χ2n) is 9.62. The number of rotatable bonds is 5. The van der Waals surface area contributed by atoms with Gasteiger partial charge in [0.15, 0.2) is 6.61 Å². The summed E-state index contributed by atoms with van der Waals surface area (Å²) in [5.41, 5.74) is 1.08. The van der Waals surface area contributed by atoms with Crippen molar-refractivity contribution in [2.45, 2.75) is 39.0 Å². The molecule has 0 N–H and O–H groups in total. The Balaban J connectivity index is 1.29. The van der Waals surface area contributed by atoms with Crippen LogP contribution in [0.2, 0.25) is 0 Å². The number of piperidine rings is 1. The van der Waals surface area contributed by atoms with Gasteiger partial charge >= 0.3 is 5.97 Å². The van der Waals surface area contributed by atoms with Crippen LogP contribution in [-0.2, 0) is 19.1 Å². The van der Waals surface area contributed by atoms with Crippen molar-refractivity contribution in [3.63, 3.8) is 0 Å². The molecule has 0 saturated carbocycles. The number of ether oxygens (including phenoxy) is 2. The first-order valence-corrected chi connectivity index (χ1v) is 11.9. The van der Waals surface area contributed by atoms with E-state index in [0.29, 0.717) is 32.5 Å². The van der Waals surface area contributed by atoms with Crippen molar-refractivity contribution in [2.75, 3.05) is 39.9 Å². The number of allylic oxidation sites excluding steroid dienone is 2. The molecule has 0 unspecified atom stereocenters. The number of benzene rings is 1. The Morgan fingerprint density at radius 1 is 0.970 bits per heavy atom. The summed E-state index contributed by atoms with van der Waals surface area (Å²) in [6.45, 7) is 4.82. The summed E-state index contributed by atoms with van der Waals surface area (Å²) in [7, 11) is 1.38. The molecular formula is C26H34N2O5. The highest BCUT2D eigenvalue weighted by molar-refractivity contribution is 5.86. The standard InChI is InChI=1S/C26H34N2O5/c1-19-7-3-6-10-22(19)33-17-23(29)27-14-11-26(12-15-27)13-16-28(18-26)24(30)20-8-4-5-9-21(20)25(31)32-2/h3-7,10,20-21H,8-9,11-18H2,1-2H3/t20-,21+/m1/s1. The monoisotopic (exact) mass is 454 g/mol. The number of methoxy groups -OCH3 is 1. The Bertz CT molecular complexity index is 919. The fourth-order valence-corrected chi connectivity index (χ4v) is 5.44. The van der Waals surface area contributed by atoms with Gasteiger partial charge in [-0.05, 0) is 56.1 Å². The van der Waals surface area contributed by atoms with Crippen LogP contribution in [0.5, 0.6) is 5.75 Å². The van der Waals surface area contributed by atoms with E-state index in [9.17, 15) is 14.4 Å². The number of esters is 1. The van der Waals surface area contributed by atoms with Gasteiger partial charge in [-0.1, -0.05) is 30.4 Å². The molecule has 178 valence electrons. The lowest BCUT2D eigenvalue weighted by Crippen LogP contribution is -2.47. The van der Waals surface area contributed by atoms with E-state index in [2.05, 4.69) is 0 Å². The Kier molecular flexibility index (Phi) is 7.05. The molecular weight excluding hydrogens is 420 g/mol. The van der Waals surface area contributed by atoms with Crippen LogP contribution in [0.1, 0.15) is 37.7 Å². The predicted molar refractivity (Wildman–Crippen MR) is 123 cm³/mol. The maximum absolute atomic E-state index is 13.3. The Morgan fingerprint density at radius 2 is 1.61 bits per heavy atom. The van der Waals surface area contributed by atoms with Crippen molar-refractivity contribution >= 4 is 17.8 Å². The van der Waals surface area contributed by atoms with Gasteiger partial charge in [0.05, 0.1) is 18.9 Å². The van der Waals surface area contributed by atoms with Crippen LogP contribution < -0.4 is 4.74 Å². The van der Waals surface area contributed by atoms with Crippen LogP contribution in [0.3, 0.4) is 0 Å². The van der Waals surface area contributed by atoms with Crippen molar-refractivity contribution in [3.8, 4) is 5.75 Å². The summed E-state index contributed by atoms with van der Waals surface area (Å²) in [6.07, 6.45) is 7.83. The zero-order chi connectivity index (χ0) is 23.4. The van der Waals surface area contributed by atoms with Gasteiger partial charge in [0.2, 0.25) is 5.91 Å². The minimum Gasteiger partial charge on any atom is -0.484 e. The minimum absolute atomic E-state index is 0.00828. The highest BCUT2D eigenvalue weighted by atomic mass is 16.5. The molecule has 2 atom stereocenters. The molecule has 0 radical (unpaired) electrons. The summed E-state index contributed by atoms with van der Waals surface area (Å²) in [5.74, 6) is -0.209. The first-order chi connectivity index (χ1) is 15.9. The first-order valence-electron chi connectivity index (χ1n) is 11.9. The molecule has 7 nitrogen and oxygen atoms in total. The number of nitrogens with zero attached hydrogens (tertiary/aromatic N) is 2. The number of para-hydroxylation sites is 1. The number of hydrogen-bond acceptors (Lipinski definition) is 5. The average Bonchev–Trinajstić information content (AvgIpc) is 3.26. The maximum atomic E-state index is 13.3. The molecule has 0 bridgehead atoms. The lowest BCUT2D eigenvalue weighted by molar-refractivity contribution is -0.153. The van der Waals surface area contributed by atoms with Crippen molar-refractivity contribution in [1.82, 2.24) is 9.80 Å². The number of amides is 2. The van der Waals surface area contributed by atoms with Crippen LogP contribution in [-0.4, -0.2) is 67.5 Å². The number of hydrogen-bond donors (Lipinski definition) is 0. The highest BCUT2D eigenvalue weighted by Gasteiger charge is 2.45. The van der Waals surface area contributed by atoms with Gasteiger partial charge < -0.3 is 19.3 Å². The quantitative estimate of drug-likeness (QED) is 0.505. The van der Waals surface area contributed by atoms with E-state index >= 15 is 0 Å². The SMILES string of the molecule is COC(=O)[C@H]1CC=CC[C@H]1C(=O)N1CCC2(CCN(C(=O)COc3ccccc3C)CC2)C1. The third-order valence-corrected chi connectivity index (χ3v) is 7.63. The molecule has 2 fully saturated rings. The number of carbonyl (C=O) groups excluding carboxylic acids is 3. The smallest absolute Gasteiger partial charge is 0.309 e. The van der Waals surface area contributed by atoms with Gasteiger partial charge in [0.1, 0.15) is 5.75 Å². The van der Waals surface area contributed by atoms with Crippen LogP contribution in [0.25, 0.3) is 0 Å². The predicted octanol–water partition coefficient (Wildman–Crippen LogP) is 2.97. The van der Waals surface area contributed by atoms with Gasteiger partial charge in [-0.25, -0.2) is 0 Å². The van der Waals surface area contributed by atoms with Gasteiger partial charge in [0.25, 0.3) is 5.91 Å². The Morgan fingerprint density at radius 3 is 2.27 bits per heavy atom. The molecule has 2 heterocycles. The van der Waals surface area contributed by atoms with Gasteiger partial charge in [-0.2, -0.15) is 0 Å². The molecule has 2 amide bonds. The summed E-state index contributed by atoms with van der Waals surface area (Å²) in [4.78, 5) is 42.0. The molecule has 3 aliphatic rings. The van der Waals surface area contributed by atoms with E-state index < -0.39 is 5.92 Å². The first kappa shape index (κ1) is 23.3. The van der Waals surface area contributed by atoms with E-state index in [1.54, 1.807) is 0 Å². The number of carbonyl (C=O) groups is 3. The van der Waals surface area contributed by atoms with Crippen LogP contribution in [0, 0.1) is 24.2 Å². The van der Waals surface area contributed by atoms with E-state index in [-0.39, 0.29) is 35.7 Å². The van der Waals surface area contributed by atoms with E-state index in [1.165, 1.54) is 7.11 Å². The van der Waals surface area contributed by atoms with Gasteiger partial charge in [-0.3, -0.25) is 14.4 Å². The van der Waals surface area contributed by atoms with Crippen LogP contribution in [0.15, 0.2) is 36.4 Å². The highest BCUT2D eigenvalue weighted by Crippen LogP contribution is 2.42. The zero-order valence-corrected chi connectivity index (χ0v) is 19.6. The summed E-state index contributed by atoms with van der Waals surface area (Å²) in [6, 6.07) is 7.70. The molecule has 0 aromatic heterocycles. The number of likely N-dealkylation sites (tertiary alicyclic amines) is 2. The second kappa shape index (κ2) is 9.98. The van der Waals surface area contributed by atoms with Crippen molar-refractivity contribution in [3.05, 3.63) is 42.0 Å². The normalized spacial score (nSPS) is 24.1. The lowest BCUT2D eigenvalue weighted by atomic mass is 9.77. The topological polar surface area (TPSA) is 76.2 Å². The Labute approximate surface area is 195 Å². The molecule has 1 spiro atoms. The summed E-state index contributed by atoms with van der Waals surface area (Å²) >= 11 is 0. The van der Waals surface area contributed by atoms with Crippen LogP contribution >= 0.6 is 0 Å². The summed E-state index contributed by atoms with van der Waals surface area (Å²) in [5, 5.41) is 0. The molecule has 2 saturated heterocycles. The largest absolute Gasteiger partial charge is 0.484 e. The molecule has 2 aliphatic heterocycles. The minimum atomic E-state index is -0.392. The van der Waals surface area contributed by atoms with Crippen molar-refractivity contribution in [1.29, 1.82) is 0 Å². The fraction of sp³-hybridized carbons (Fsp3) is 0.577. The maximum Gasteiger partial charge on any atom is 0.309 e.